The Hall–Kier alpha value is -2.75. The number of halogens is 4. The molecule has 32 heavy (non-hydrogen) atoms. The summed E-state index contributed by atoms with van der Waals surface area (Å²) in [7, 11) is 1.80. The Kier molecular flexibility index (Phi) is 5.60. The molecule has 2 heterocycles. The first-order valence-electron chi connectivity index (χ1n) is 9.74. The summed E-state index contributed by atoms with van der Waals surface area (Å²) in [6.07, 6.45) is -4.19. The van der Waals surface area contributed by atoms with Gasteiger partial charge in [-0.3, -0.25) is 4.79 Å². The number of rotatable bonds is 3. The number of nitrogens with zero attached hydrogens (tertiary/aromatic N) is 1. The highest BCUT2D eigenvalue weighted by Crippen LogP contribution is 2.45. The average molecular weight is 470 g/mol. The van der Waals surface area contributed by atoms with E-state index in [1.807, 2.05) is 4.90 Å². The second-order valence-electron chi connectivity index (χ2n) is 7.80. The zero-order valence-electron chi connectivity index (χ0n) is 16.8. The van der Waals surface area contributed by atoms with Crippen LogP contribution in [-0.4, -0.2) is 46.5 Å². The lowest BCUT2D eigenvalue weighted by molar-refractivity contribution is -0.137. The quantitative estimate of drug-likeness (QED) is 0.529. The van der Waals surface area contributed by atoms with Crippen molar-refractivity contribution in [3.8, 4) is 22.8 Å². The van der Waals surface area contributed by atoms with Crippen molar-refractivity contribution >= 4 is 22.6 Å². The van der Waals surface area contributed by atoms with E-state index in [-0.39, 0.29) is 46.3 Å². The number of fused-ring (bicyclic) bond motifs is 1. The van der Waals surface area contributed by atoms with Crippen LogP contribution in [0.15, 0.2) is 39.5 Å². The van der Waals surface area contributed by atoms with E-state index in [2.05, 4.69) is 0 Å². The smallest absolute Gasteiger partial charge is 0.417 e. The van der Waals surface area contributed by atoms with Gasteiger partial charge in [0.1, 0.15) is 28.2 Å². The molecule has 1 aliphatic heterocycles. The zero-order valence-corrected chi connectivity index (χ0v) is 17.5. The molecule has 0 spiro atoms. The molecule has 1 aliphatic rings. The second-order valence-corrected chi connectivity index (χ2v) is 8.18. The Morgan fingerprint density at radius 1 is 1.22 bits per heavy atom. The molecule has 6 nitrogen and oxygen atoms in total. The van der Waals surface area contributed by atoms with Crippen molar-refractivity contribution in [3.63, 3.8) is 0 Å². The molecule has 1 saturated heterocycles. The summed E-state index contributed by atoms with van der Waals surface area (Å²) in [6, 6.07) is 4.83. The van der Waals surface area contributed by atoms with Gasteiger partial charge in [-0.2, -0.15) is 13.2 Å². The van der Waals surface area contributed by atoms with Crippen LogP contribution >= 0.6 is 11.6 Å². The van der Waals surface area contributed by atoms with E-state index in [9.17, 15) is 33.3 Å². The second kappa shape index (κ2) is 7.99. The van der Waals surface area contributed by atoms with Gasteiger partial charge < -0.3 is 24.6 Å². The Morgan fingerprint density at radius 2 is 1.94 bits per heavy atom. The van der Waals surface area contributed by atoms with Crippen molar-refractivity contribution in [2.24, 2.45) is 0 Å². The van der Waals surface area contributed by atoms with E-state index in [0.717, 1.165) is 24.3 Å². The molecule has 1 aromatic heterocycles. The maximum atomic E-state index is 13.3. The SMILES string of the molecule is CN1CC[C@H](c2c(O)cc(O)c3c(=O)cc(-c4cccc(C(F)(F)F)c4Cl)oc23)[C@H]1CO. The average Bonchev–Trinajstić information content (AvgIpc) is 3.06. The van der Waals surface area contributed by atoms with Crippen LogP contribution in [0.1, 0.15) is 23.5 Å². The van der Waals surface area contributed by atoms with Crippen LogP contribution in [0.5, 0.6) is 11.5 Å². The summed E-state index contributed by atoms with van der Waals surface area (Å²) in [5.74, 6) is -1.55. The largest absolute Gasteiger partial charge is 0.507 e. The third-order valence-electron chi connectivity index (χ3n) is 5.95. The molecule has 0 saturated carbocycles. The van der Waals surface area contributed by atoms with Gasteiger partial charge in [0.25, 0.3) is 0 Å². The molecule has 0 aliphatic carbocycles. The molecule has 3 aromatic rings. The van der Waals surface area contributed by atoms with Gasteiger partial charge >= 0.3 is 6.18 Å². The van der Waals surface area contributed by atoms with Gasteiger partial charge in [0.05, 0.1) is 17.2 Å². The first-order chi connectivity index (χ1) is 15.0. The standard InChI is InChI=1S/C22H19ClF3NO5/c1-27-6-5-10(13(27)9-28)18-14(29)7-15(30)19-16(31)8-17(32-21(18)19)11-3-2-4-12(20(11)23)22(24,25)26/h2-4,7-8,10,13,28-30H,5-6,9H2,1H3/t10-,13+/m0/s1. The Labute approximate surface area is 185 Å². The molecule has 1 fully saturated rings. The molecule has 2 atom stereocenters. The molecule has 3 N–H and O–H groups in total. The van der Waals surface area contributed by atoms with Gasteiger partial charge in [-0.05, 0) is 32.1 Å². The van der Waals surface area contributed by atoms with E-state index >= 15 is 0 Å². The first-order valence-corrected chi connectivity index (χ1v) is 10.1. The van der Waals surface area contributed by atoms with E-state index in [1.165, 1.54) is 6.07 Å². The third kappa shape index (κ3) is 3.60. The van der Waals surface area contributed by atoms with Crippen LogP contribution in [0.3, 0.4) is 0 Å². The topological polar surface area (TPSA) is 94.1 Å². The van der Waals surface area contributed by atoms with Crippen molar-refractivity contribution in [2.45, 2.75) is 24.6 Å². The number of likely N-dealkylation sites (tertiary alicyclic amines) is 1. The molecule has 0 radical (unpaired) electrons. The fourth-order valence-corrected chi connectivity index (χ4v) is 4.69. The molecule has 10 heteroatoms. The maximum Gasteiger partial charge on any atom is 0.417 e. The van der Waals surface area contributed by atoms with E-state index < -0.39 is 33.9 Å². The number of hydrogen-bond donors (Lipinski definition) is 3. The Bertz CT molecular complexity index is 1260. The number of phenolic OH excluding ortho intramolecular Hbond substituents is 2. The lowest BCUT2D eigenvalue weighted by Crippen LogP contribution is -2.32. The lowest BCUT2D eigenvalue weighted by Gasteiger charge is -2.24. The molecular formula is C22H19ClF3NO5. The van der Waals surface area contributed by atoms with E-state index in [1.54, 1.807) is 7.05 Å². The molecule has 4 rings (SSSR count). The number of likely N-dealkylation sites (N-methyl/N-ethyl adjacent to an activating group) is 1. The fraction of sp³-hybridized carbons (Fsp3) is 0.318. The van der Waals surface area contributed by atoms with Crippen molar-refractivity contribution < 1.29 is 32.9 Å². The number of hydrogen-bond acceptors (Lipinski definition) is 6. The normalized spacial score (nSPS) is 19.7. The summed E-state index contributed by atoms with van der Waals surface area (Å²) in [5, 5.41) is 29.9. The predicted octanol–water partition coefficient (Wildman–Crippen LogP) is 4.32. The minimum Gasteiger partial charge on any atom is -0.507 e. The summed E-state index contributed by atoms with van der Waals surface area (Å²) in [6.45, 7) is 0.368. The van der Waals surface area contributed by atoms with Crippen LogP contribution in [0.4, 0.5) is 13.2 Å². The number of alkyl halides is 3. The molecule has 0 amide bonds. The minimum absolute atomic E-state index is 0.155. The molecule has 0 unspecified atom stereocenters. The monoisotopic (exact) mass is 469 g/mol. The number of phenols is 2. The Morgan fingerprint density at radius 3 is 2.59 bits per heavy atom. The number of aromatic hydroxyl groups is 2. The van der Waals surface area contributed by atoms with Crippen LogP contribution in [-0.2, 0) is 6.18 Å². The van der Waals surface area contributed by atoms with Crippen molar-refractivity contribution in [2.75, 3.05) is 20.2 Å². The minimum atomic E-state index is -4.71. The van der Waals surface area contributed by atoms with Crippen LogP contribution in [0, 0.1) is 0 Å². The van der Waals surface area contributed by atoms with Gasteiger partial charge in [-0.1, -0.05) is 17.7 Å². The fourth-order valence-electron chi connectivity index (χ4n) is 4.37. The predicted molar refractivity (Wildman–Crippen MR) is 112 cm³/mol. The van der Waals surface area contributed by atoms with E-state index in [0.29, 0.717) is 13.0 Å². The molecule has 2 aromatic carbocycles. The Balaban J connectivity index is 2.01. The van der Waals surface area contributed by atoms with Crippen LogP contribution in [0.2, 0.25) is 5.02 Å². The first kappa shape index (κ1) is 22.4. The summed E-state index contributed by atoms with van der Waals surface area (Å²) < 4.78 is 45.7. The van der Waals surface area contributed by atoms with Gasteiger partial charge in [0.15, 0.2) is 5.43 Å². The maximum absolute atomic E-state index is 13.3. The number of aliphatic hydroxyl groups is 1. The van der Waals surface area contributed by atoms with Gasteiger partial charge in [-0.25, -0.2) is 0 Å². The zero-order chi connectivity index (χ0) is 23.4. The van der Waals surface area contributed by atoms with Gasteiger partial charge in [0.2, 0.25) is 0 Å². The van der Waals surface area contributed by atoms with Crippen molar-refractivity contribution in [3.05, 3.63) is 56.7 Å². The van der Waals surface area contributed by atoms with Crippen LogP contribution < -0.4 is 5.43 Å². The van der Waals surface area contributed by atoms with Crippen molar-refractivity contribution in [1.82, 2.24) is 4.90 Å². The molecular weight excluding hydrogens is 451 g/mol. The number of aliphatic hydroxyl groups excluding tert-OH is 1. The summed E-state index contributed by atoms with van der Waals surface area (Å²) in [4.78, 5) is 14.7. The highest BCUT2D eigenvalue weighted by atomic mass is 35.5. The molecule has 170 valence electrons. The number of benzene rings is 2. The van der Waals surface area contributed by atoms with Gasteiger partial charge in [0, 0.05) is 35.2 Å². The van der Waals surface area contributed by atoms with E-state index in [4.69, 9.17) is 16.0 Å². The highest BCUT2D eigenvalue weighted by Gasteiger charge is 2.37. The van der Waals surface area contributed by atoms with Crippen LogP contribution in [0.25, 0.3) is 22.3 Å². The lowest BCUT2D eigenvalue weighted by atomic mass is 9.89. The highest BCUT2D eigenvalue weighted by molar-refractivity contribution is 6.34. The third-order valence-corrected chi connectivity index (χ3v) is 6.36. The van der Waals surface area contributed by atoms with Crippen molar-refractivity contribution in [1.29, 1.82) is 0 Å². The van der Waals surface area contributed by atoms with Gasteiger partial charge in [-0.15, -0.1) is 0 Å². The molecule has 0 bridgehead atoms. The summed E-state index contributed by atoms with van der Waals surface area (Å²) >= 11 is 6.01. The summed E-state index contributed by atoms with van der Waals surface area (Å²) in [5.41, 5.74) is -1.91.